The van der Waals surface area contributed by atoms with Crippen LogP contribution in [0.25, 0.3) is 11.3 Å². The number of hydrogen-bond donors (Lipinski definition) is 0. The number of halogens is 3. The van der Waals surface area contributed by atoms with Crippen molar-refractivity contribution in [2.75, 3.05) is 0 Å². The highest BCUT2D eigenvalue weighted by molar-refractivity contribution is 5.79. The van der Waals surface area contributed by atoms with Crippen molar-refractivity contribution in [2.24, 2.45) is 5.16 Å². The number of benzene rings is 1. The Bertz CT molecular complexity index is 955. The van der Waals surface area contributed by atoms with E-state index in [1.165, 1.54) is 36.7 Å². The summed E-state index contributed by atoms with van der Waals surface area (Å²) in [5, 5.41) is 7.49. The quantitative estimate of drug-likeness (QED) is 0.652. The summed E-state index contributed by atoms with van der Waals surface area (Å²) in [7, 11) is 0. The van der Waals surface area contributed by atoms with Crippen molar-refractivity contribution in [3.63, 3.8) is 0 Å². The van der Waals surface area contributed by atoms with Gasteiger partial charge in [-0.2, -0.15) is 0 Å². The van der Waals surface area contributed by atoms with Crippen molar-refractivity contribution in [1.82, 2.24) is 10.1 Å². The summed E-state index contributed by atoms with van der Waals surface area (Å²) in [6, 6.07) is 8.87. The van der Waals surface area contributed by atoms with Crippen LogP contribution in [0.15, 0.2) is 64.7 Å². The molecule has 10 heteroatoms. The molecule has 2 aromatic heterocycles. The van der Waals surface area contributed by atoms with E-state index in [-0.39, 0.29) is 5.75 Å². The van der Waals surface area contributed by atoms with Gasteiger partial charge in [0.1, 0.15) is 17.8 Å². The summed E-state index contributed by atoms with van der Waals surface area (Å²) in [6.07, 6.45) is -0.304. The zero-order valence-electron chi connectivity index (χ0n) is 14.1. The van der Waals surface area contributed by atoms with Gasteiger partial charge in [0, 0.05) is 0 Å². The van der Waals surface area contributed by atoms with E-state index in [0.29, 0.717) is 29.3 Å². The Hall–Kier alpha value is -3.56. The SMILES string of the molecule is FC(F)(F)Oc1ccc([C@@H]2CC(Oc3ccc(-c4cnoc4)nc3)=NO2)cc1. The fourth-order valence-electron chi connectivity index (χ4n) is 2.56. The highest BCUT2D eigenvalue weighted by Crippen LogP contribution is 2.31. The molecule has 1 aliphatic rings. The second kappa shape index (κ2) is 7.22. The normalized spacial score (nSPS) is 16.4. The van der Waals surface area contributed by atoms with Crippen molar-refractivity contribution in [3.8, 4) is 22.8 Å². The van der Waals surface area contributed by atoms with Crippen LogP contribution in [0.2, 0.25) is 0 Å². The van der Waals surface area contributed by atoms with Crippen LogP contribution in [0, 0.1) is 0 Å². The lowest BCUT2D eigenvalue weighted by Crippen LogP contribution is -2.17. The van der Waals surface area contributed by atoms with E-state index in [4.69, 9.17) is 14.1 Å². The molecule has 0 unspecified atom stereocenters. The monoisotopic (exact) mass is 391 g/mol. The molecule has 3 heterocycles. The molecule has 4 rings (SSSR count). The second-order valence-electron chi connectivity index (χ2n) is 5.79. The van der Waals surface area contributed by atoms with Gasteiger partial charge in [-0.1, -0.05) is 22.4 Å². The number of hydrogen-bond acceptors (Lipinski definition) is 7. The summed E-state index contributed by atoms with van der Waals surface area (Å²) < 4.78 is 50.9. The first kappa shape index (κ1) is 17.8. The predicted octanol–water partition coefficient (Wildman–Crippen LogP) is 4.49. The van der Waals surface area contributed by atoms with E-state index in [1.54, 1.807) is 18.3 Å². The summed E-state index contributed by atoms with van der Waals surface area (Å²) in [4.78, 5) is 9.56. The molecular weight excluding hydrogens is 379 g/mol. The van der Waals surface area contributed by atoms with E-state index in [2.05, 4.69) is 20.0 Å². The van der Waals surface area contributed by atoms with Gasteiger partial charge in [0.2, 0.25) is 5.90 Å². The first-order valence-corrected chi connectivity index (χ1v) is 8.08. The third-order valence-corrected chi connectivity index (χ3v) is 3.83. The van der Waals surface area contributed by atoms with E-state index >= 15 is 0 Å². The highest BCUT2D eigenvalue weighted by Gasteiger charge is 2.31. The van der Waals surface area contributed by atoms with Gasteiger partial charge in [0.05, 0.1) is 30.1 Å². The molecule has 0 N–H and O–H groups in total. The highest BCUT2D eigenvalue weighted by atomic mass is 19.4. The second-order valence-corrected chi connectivity index (χ2v) is 5.79. The fourth-order valence-corrected chi connectivity index (χ4v) is 2.56. The first-order chi connectivity index (χ1) is 13.5. The molecule has 0 spiro atoms. The molecule has 1 atom stereocenters. The maximum absolute atomic E-state index is 12.2. The zero-order chi connectivity index (χ0) is 19.6. The van der Waals surface area contributed by atoms with Gasteiger partial charge in [-0.3, -0.25) is 4.98 Å². The number of oxime groups is 1. The maximum Gasteiger partial charge on any atom is 0.573 e. The Morgan fingerprint density at radius 1 is 1.00 bits per heavy atom. The Morgan fingerprint density at radius 3 is 2.43 bits per heavy atom. The lowest BCUT2D eigenvalue weighted by Gasteiger charge is -2.11. The minimum atomic E-state index is -4.73. The molecule has 3 aromatic rings. The summed E-state index contributed by atoms with van der Waals surface area (Å²) in [5.41, 5.74) is 2.07. The largest absolute Gasteiger partial charge is 0.573 e. The first-order valence-electron chi connectivity index (χ1n) is 8.08. The Morgan fingerprint density at radius 2 is 1.79 bits per heavy atom. The molecular formula is C18H12F3N3O4. The van der Waals surface area contributed by atoms with Gasteiger partial charge in [-0.25, -0.2) is 0 Å². The smallest absolute Gasteiger partial charge is 0.438 e. The number of alkyl halides is 3. The van der Waals surface area contributed by atoms with Crippen molar-refractivity contribution in [2.45, 2.75) is 18.9 Å². The van der Waals surface area contributed by atoms with Crippen molar-refractivity contribution < 1.29 is 32.0 Å². The van der Waals surface area contributed by atoms with Crippen LogP contribution in [0.5, 0.6) is 11.5 Å². The van der Waals surface area contributed by atoms with Gasteiger partial charge in [0.15, 0.2) is 6.10 Å². The molecule has 0 saturated carbocycles. The lowest BCUT2D eigenvalue weighted by molar-refractivity contribution is -0.274. The zero-order valence-corrected chi connectivity index (χ0v) is 14.1. The number of pyridine rings is 1. The van der Waals surface area contributed by atoms with Gasteiger partial charge in [0.25, 0.3) is 0 Å². The minimum Gasteiger partial charge on any atom is -0.438 e. The van der Waals surface area contributed by atoms with Crippen LogP contribution in [-0.2, 0) is 4.84 Å². The van der Waals surface area contributed by atoms with Crippen LogP contribution < -0.4 is 9.47 Å². The van der Waals surface area contributed by atoms with Crippen LogP contribution >= 0.6 is 0 Å². The summed E-state index contributed by atoms with van der Waals surface area (Å²) in [5.74, 6) is 0.503. The van der Waals surface area contributed by atoms with Crippen LogP contribution in [-0.4, -0.2) is 22.4 Å². The van der Waals surface area contributed by atoms with Crippen molar-refractivity contribution in [3.05, 3.63) is 60.6 Å². The van der Waals surface area contributed by atoms with Gasteiger partial charge < -0.3 is 18.8 Å². The molecule has 28 heavy (non-hydrogen) atoms. The van der Waals surface area contributed by atoms with Crippen molar-refractivity contribution >= 4 is 5.90 Å². The third-order valence-electron chi connectivity index (χ3n) is 3.83. The Labute approximate surface area is 156 Å². The average Bonchev–Trinajstić information content (AvgIpc) is 3.34. The molecule has 0 fully saturated rings. The molecule has 0 bridgehead atoms. The minimum absolute atomic E-state index is 0.300. The summed E-state index contributed by atoms with van der Waals surface area (Å²) >= 11 is 0. The average molecular weight is 391 g/mol. The Kier molecular flexibility index (Phi) is 4.60. The van der Waals surface area contributed by atoms with E-state index < -0.39 is 12.5 Å². The van der Waals surface area contributed by atoms with E-state index in [9.17, 15) is 13.2 Å². The van der Waals surface area contributed by atoms with Gasteiger partial charge in [-0.15, -0.1) is 13.2 Å². The molecule has 1 aliphatic heterocycles. The number of ether oxygens (including phenoxy) is 2. The summed E-state index contributed by atoms with van der Waals surface area (Å²) in [6.45, 7) is 0. The predicted molar refractivity (Wildman–Crippen MR) is 89.4 cm³/mol. The van der Waals surface area contributed by atoms with Crippen LogP contribution in [0.4, 0.5) is 13.2 Å². The number of rotatable bonds is 4. The molecule has 0 radical (unpaired) electrons. The molecule has 1 aromatic carbocycles. The van der Waals surface area contributed by atoms with Crippen LogP contribution in [0.1, 0.15) is 18.1 Å². The molecule has 0 amide bonds. The Balaban J connectivity index is 1.35. The third kappa shape index (κ3) is 4.22. The number of aromatic nitrogens is 2. The number of nitrogens with zero attached hydrogens (tertiary/aromatic N) is 3. The van der Waals surface area contributed by atoms with E-state index in [0.717, 1.165) is 5.56 Å². The maximum atomic E-state index is 12.2. The lowest BCUT2D eigenvalue weighted by atomic mass is 10.1. The van der Waals surface area contributed by atoms with Crippen LogP contribution in [0.3, 0.4) is 0 Å². The topological polar surface area (TPSA) is 79.0 Å². The molecule has 0 saturated heterocycles. The molecule has 144 valence electrons. The van der Waals surface area contributed by atoms with Gasteiger partial charge in [-0.05, 0) is 29.8 Å². The molecule has 0 aliphatic carbocycles. The van der Waals surface area contributed by atoms with E-state index in [1.807, 2.05) is 0 Å². The van der Waals surface area contributed by atoms with Gasteiger partial charge >= 0.3 is 6.36 Å². The fraction of sp³-hybridized carbons (Fsp3) is 0.167. The standard InChI is InChI=1S/C18H12F3N3O4/c19-18(20,21)27-13-3-1-11(2-4-13)16-7-17(24-28-16)26-14-5-6-15(22-9-14)12-8-23-25-10-12/h1-6,8-10,16H,7H2/t16-/m0/s1. The molecule has 7 nitrogen and oxygen atoms in total. The van der Waals surface area contributed by atoms with Crippen molar-refractivity contribution in [1.29, 1.82) is 0 Å².